The van der Waals surface area contributed by atoms with Crippen LogP contribution in [0.15, 0.2) is 47.7 Å². The molecule has 0 aliphatic rings. The minimum atomic E-state index is 1.11. The van der Waals surface area contributed by atoms with Crippen LogP contribution in [-0.2, 0) is 0 Å². The van der Waals surface area contributed by atoms with Gasteiger partial charge in [-0.15, -0.1) is 0 Å². The number of nitrogens with zero attached hydrogens (tertiary/aromatic N) is 1. The van der Waals surface area contributed by atoms with Gasteiger partial charge in [-0.25, -0.2) is 0 Å². The van der Waals surface area contributed by atoms with Crippen LogP contribution in [0, 0.1) is 0 Å². The summed E-state index contributed by atoms with van der Waals surface area (Å²) in [6, 6.07) is 0. The van der Waals surface area contributed by atoms with Gasteiger partial charge in [0.25, 0.3) is 0 Å². The highest BCUT2D eigenvalue weighted by molar-refractivity contribution is 5.46. The van der Waals surface area contributed by atoms with Gasteiger partial charge < -0.3 is 4.90 Å². The number of allylic oxidation sites excluding steroid dienone is 7. The lowest BCUT2D eigenvalue weighted by Gasteiger charge is -2.14. The van der Waals surface area contributed by atoms with Crippen molar-refractivity contribution in [3.05, 3.63) is 47.7 Å². The Morgan fingerprint density at radius 2 is 1.88 bits per heavy atom. The molecule has 0 spiro atoms. The highest BCUT2D eigenvalue weighted by atomic mass is 15.1. The van der Waals surface area contributed by atoms with E-state index >= 15 is 0 Å². The lowest BCUT2D eigenvalue weighted by atomic mass is 10.0. The monoisotopic (exact) mass is 219 g/mol. The van der Waals surface area contributed by atoms with Crippen LogP contribution in [-0.4, -0.2) is 19.0 Å². The van der Waals surface area contributed by atoms with Gasteiger partial charge in [-0.05, 0) is 37.5 Å². The number of hydrogen-bond acceptors (Lipinski definition) is 1. The molecular weight excluding hydrogens is 194 g/mol. The number of rotatable bonds is 6. The van der Waals surface area contributed by atoms with Crippen LogP contribution in [0.4, 0.5) is 0 Å². The Labute approximate surface area is 101 Å². The molecule has 1 heteroatoms. The molecule has 0 aromatic heterocycles. The van der Waals surface area contributed by atoms with Crippen molar-refractivity contribution in [1.29, 1.82) is 0 Å². The average Bonchev–Trinajstić information content (AvgIpc) is 2.26. The second-order valence-electron chi connectivity index (χ2n) is 4.08. The molecule has 0 amide bonds. The lowest BCUT2D eigenvalue weighted by molar-refractivity contribution is 0.513. The van der Waals surface area contributed by atoms with Crippen molar-refractivity contribution in [3.8, 4) is 0 Å². The molecule has 1 nitrogen and oxygen atoms in total. The van der Waals surface area contributed by atoms with Gasteiger partial charge in [0, 0.05) is 19.8 Å². The molecule has 0 saturated carbocycles. The van der Waals surface area contributed by atoms with Gasteiger partial charge in [0.1, 0.15) is 0 Å². The summed E-state index contributed by atoms with van der Waals surface area (Å²) in [5.41, 5.74) is 3.73. The maximum absolute atomic E-state index is 3.86. The van der Waals surface area contributed by atoms with E-state index in [1.807, 2.05) is 6.08 Å². The quantitative estimate of drug-likeness (QED) is 0.602. The first kappa shape index (κ1) is 14.8. The van der Waals surface area contributed by atoms with Gasteiger partial charge in [-0.2, -0.15) is 0 Å². The molecule has 0 unspecified atom stereocenters. The van der Waals surface area contributed by atoms with Crippen molar-refractivity contribution in [2.24, 2.45) is 0 Å². The van der Waals surface area contributed by atoms with E-state index in [-0.39, 0.29) is 0 Å². The first-order valence-electron chi connectivity index (χ1n) is 5.91. The molecule has 0 atom stereocenters. The molecular formula is C15H25N. The summed E-state index contributed by atoms with van der Waals surface area (Å²) in [4.78, 5) is 2.12. The van der Waals surface area contributed by atoms with Gasteiger partial charge >= 0.3 is 0 Å². The molecule has 0 bridgehead atoms. The maximum Gasteiger partial charge on any atom is 0.0102 e. The topological polar surface area (TPSA) is 3.24 Å². The SMILES string of the molecule is C=CC(=C\C)/C(/C=C(/C)N(C)C)=C/CCC. The highest BCUT2D eigenvalue weighted by Crippen LogP contribution is 2.16. The number of hydrogen-bond donors (Lipinski definition) is 0. The van der Waals surface area contributed by atoms with Gasteiger partial charge in [-0.1, -0.05) is 38.2 Å². The molecule has 0 saturated heterocycles. The van der Waals surface area contributed by atoms with Gasteiger partial charge in [0.05, 0.1) is 0 Å². The summed E-state index contributed by atoms with van der Waals surface area (Å²) in [6.07, 6.45) is 10.8. The number of unbranched alkanes of at least 4 members (excludes halogenated alkanes) is 1. The first-order valence-corrected chi connectivity index (χ1v) is 5.91. The third kappa shape index (κ3) is 5.01. The highest BCUT2D eigenvalue weighted by Gasteiger charge is 1.99. The molecule has 0 heterocycles. The maximum atomic E-state index is 3.86. The third-order valence-electron chi connectivity index (χ3n) is 2.59. The molecule has 0 fully saturated rings. The molecule has 0 radical (unpaired) electrons. The fraction of sp³-hybridized carbons (Fsp3) is 0.467. The van der Waals surface area contributed by atoms with Crippen LogP contribution in [0.2, 0.25) is 0 Å². The Bertz CT molecular complexity index is 303. The summed E-state index contributed by atoms with van der Waals surface area (Å²) >= 11 is 0. The summed E-state index contributed by atoms with van der Waals surface area (Å²) in [5, 5.41) is 0. The van der Waals surface area contributed by atoms with Crippen LogP contribution in [0.1, 0.15) is 33.6 Å². The van der Waals surface area contributed by atoms with Crippen LogP contribution in [0.3, 0.4) is 0 Å². The van der Waals surface area contributed by atoms with Gasteiger partial charge in [0.15, 0.2) is 0 Å². The standard InChI is InChI=1S/C15H25N/c1-7-10-11-15(14(8-2)9-3)12-13(4)16(5)6/h8-9,11-12H,2,7,10H2,1,3-6H3/b13-12-,14-9+,15-11+. The van der Waals surface area contributed by atoms with E-state index in [4.69, 9.17) is 0 Å². The largest absolute Gasteiger partial charge is 0.381 e. The molecule has 0 N–H and O–H groups in total. The van der Waals surface area contributed by atoms with E-state index in [9.17, 15) is 0 Å². The fourth-order valence-corrected chi connectivity index (χ4v) is 1.32. The van der Waals surface area contributed by atoms with Crippen LogP contribution in [0.25, 0.3) is 0 Å². The molecule has 90 valence electrons. The van der Waals surface area contributed by atoms with Crippen molar-refractivity contribution < 1.29 is 0 Å². The fourth-order valence-electron chi connectivity index (χ4n) is 1.32. The Hall–Kier alpha value is -1.24. The zero-order chi connectivity index (χ0) is 12.6. The Morgan fingerprint density at radius 3 is 2.25 bits per heavy atom. The van der Waals surface area contributed by atoms with E-state index in [0.29, 0.717) is 0 Å². The molecule has 0 aliphatic carbocycles. The first-order chi connectivity index (χ1) is 7.56. The van der Waals surface area contributed by atoms with E-state index in [2.05, 4.69) is 64.6 Å². The van der Waals surface area contributed by atoms with Gasteiger partial charge in [0.2, 0.25) is 0 Å². The third-order valence-corrected chi connectivity index (χ3v) is 2.59. The van der Waals surface area contributed by atoms with Crippen LogP contribution in [0.5, 0.6) is 0 Å². The van der Waals surface area contributed by atoms with Crippen LogP contribution < -0.4 is 0 Å². The molecule has 0 aromatic rings. The van der Waals surface area contributed by atoms with Crippen molar-refractivity contribution in [1.82, 2.24) is 4.90 Å². The normalized spacial score (nSPS) is 13.9. The zero-order valence-corrected chi connectivity index (χ0v) is 11.4. The van der Waals surface area contributed by atoms with Gasteiger partial charge in [-0.3, -0.25) is 0 Å². The van der Waals surface area contributed by atoms with Crippen molar-refractivity contribution >= 4 is 0 Å². The molecule has 0 aliphatic heterocycles. The Morgan fingerprint density at radius 1 is 1.25 bits per heavy atom. The zero-order valence-electron chi connectivity index (χ0n) is 11.4. The molecule has 16 heavy (non-hydrogen) atoms. The van der Waals surface area contributed by atoms with Crippen molar-refractivity contribution in [2.75, 3.05) is 14.1 Å². The summed E-state index contributed by atoms with van der Waals surface area (Å²) in [5.74, 6) is 0. The summed E-state index contributed by atoms with van der Waals surface area (Å²) < 4.78 is 0. The second kappa shape index (κ2) is 7.98. The Kier molecular flexibility index (Phi) is 7.36. The average molecular weight is 219 g/mol. The summed E-state index contributed by atoms with van der Waals surface area (Å²) in [6.45, 7) is 10.2. The predicted octanol–water partition coefficient (Wildman–Crippen LogP) is 4.31. The Balaban J connectivity index is 5.11. The smallest absolute Gasteiger partial charge is 0.0102 e. The second-order valence-corrected chi connectivity index (χ2v) is 4.08. The van der Waals surface area contributed by atoms with Crippen molar-refractivity contribution in [2.45, 2.75) is 33.6 Å². The summed E-state index contributed by atoms with van der Waals surface area (Å²) in [7, 11) is 4.12. The lowest BCUT2D eigenvalue weighted by Crippen LogP contribution is -2.08. The van der Waals surface area contributed by atoms with E-state index in [1.165, 1.54) is 23.3 Å². The predicted molar refractivity (Wildman–Crippen MR) is 74.4 cm³/mol. The van der Waals surface area contributed by atoms with Crippen molar-refractivity contribution in [3.63, 3.8) is 0 Å². The van der Waals surface area contributed by atoms with E-state index in [1.54, 1.807) is 0 Å². The minimum Gasteiger partial charge on any atom is -0.381 e. The molecule has 0 rings (SSSR count). The van der Waals surface area contributed by atoms with E-state index < -0.39 is 0 Å². The minimum absolute atomic E-state index is 1.11. The molecule has 0 aromatic carbocycles. The van der Waals surface area contributed by atoms with E-state index in [0.717, 1.165) is 6.42 Å². The van der Waals surface area contributed by atoms with Crippen LogP contribution >= 0.6 is 0 Å².